The molecule has 3 rings (SSSR count). The van der Waals surface area contributed by atoms with Crippen LogP contribution in [-0.4, -0.2) is 18.2 Å². The van der Waals surface area contributed by atoms with Gasteiger partial charge in [-0.2, -0.15) is 5.10 Å². The summed E-state index contributed by atoms with van der Waals surface area (Å²) in [6.07, 6.45) is 1.66. The van der Waals surface area contributed by atoms with Crippen LogP contribution in [0, 0.1) is 0 Å². The standard InChI is InChI=1S/C23H25N3O/c1-16(2)19-10-8-18(9-11-19)15-24-26-23(27)17(3)25-22-13-12-20-6-4-5-7-21(20)14-22/h4-17,25H,1-3H3,(H,26,27)/b24-15-/t17-/m1/s1. The number of hydrazone groups is 1. The maximum atomic E-state index is 12.3. The van der Waals surface area contributed by atoms with Crippen molar-refractivity contribution in [3.8, 4) is 0 Å². The van der Waals surface area contributed by atoms with Crippen LogP contribution in [0.25, 0.3) is 10.8 Å². The number of nitrogens with one attached hydrogen (secondary N) is 2. The fraction of sp³-hybridized carbons (Fsp3) is 0.217. The molecule has 0 aliphatic carbocycles. The molecule has 4 heteroatoms. The van der Waals surface area contributed by atoms with Gasteiger partial charge in [0.1, 0.15) is 6.04 Å². The van der Waals surface area contributed by atoms with Crippen LogP contribution < -0.4 is 10.7 Å². The van der Waals surface area contributed by atoms with Crippen LogP contribution >= 0.6 is 0 Å². The van der Waals surface area contributed by atoms with Gasteiger partial charge in [-0.05, 0) is 46.9 Å². The molecule has 0 spiro atoms. The van der Waals surface area contributed by atoms with Crippen molar-refractivity contribution < 1.29 is 4.79 Å². The molecule has 0 unspecified atom stereocenters. The van der Waals surface area contributed by atoms with Crippen LogP contribution in [0.1, 0.15) is 37.8 Å². The molecule has 2 N–H and O–H groups in total. The number of anilines is 1. The highest BCUT2D eigenvalue weighted by atomic mass is 16.2. The Balaban J connectivity index is 1.56. The van der Waals surface area contributed by atoms with E-state index in [1.54, 1.807) is 6.21 Å². The van der Waals surface area contributed by atoms with E-state index in [2.05, 4.69) is 54.0 Å². The predicted octanol–water partition coefficient (Wildman–Crippen LogP) is 4.91. The highest BCUT2D eigenvalue weighted by molar-refractivity contribution is 5.89. The molecule has 0 fully saturated rings. The van der Waals surface area contributed by atoms with E-state index in [9.17, 15) is 4.79 Å². The Labute approximate surface area is 160 Å². The lowest BCUT2D eigenvalue weighted by molar-refractivity contribution is -0.121. The molecule has 1 atom stereocenters. The molecule has 0 saturated heterocycles. The summed E-state index contributed by atoms with van der Waals surface area (Å²) in [4.78, 5) is 12.3. The maximum absolute atomic E-state index is 12.3. The molecular formula is C23H25N3O. The summed E-state index contributed by atoms with van der Waals surface area (Å²) >= 11 is 0. The Bertz CT molecular complexity index is 945. The van der Waals surface area contributed by atoms with Gasteiger partial charge in [0.15, 0.2) is 0 Å². The van der Waals surface area contributed by atoms with Crippen molar-refractivity contribution in [2.24, 2.45) is 5.10 Å². The quantitative estimate of drug-likeness (QED) is 0.485. The second-order valence-corrected chi connectivity index (χ2v) is 6.98. The fourth-order valence-corrected chi connectivity index (χ4v) is 2.83. The number of fused-ring (bicyclic) bond motifs is 1. The van der Waals surface area contributed by atoms with E-state index in [4.69, 9.17) is 0 Å². The molecule has 0 aliphatic rings. The van der Waals surface area contributed by atoms with Gasteiger partial charge in [0, 0.05) is 5.69 Å². The number of hydrogen-bond acceptors (Lipinski definition) is 3. The smallest absolute Gasteiger partial charge is 0.262 e. The Morgan fingerprint density at radius 3 is 2.33 bits per heavy atom. The molecule has 1 amide bonds. The van der Waals surface area contributed by atoms with Crippen molar-refractivity contribution in [3.63, 3.8) is 0 Å². The zero-order valence-electron chi connectivity index (χ0n) is 15.9. The second kappa shape index (κ2) is 8.49. The minimum atomic E-state index is -0.397. The normalized spacial score (nSPS) is 12.4. The fourth-order valence-electron chi connectivity index (χ4n) is 2.83. The van der Waals surface area contributed by atoms with Crippen LogP contribution in [0.3, 0.4) is 0 Å². The Kier molecular flexibility index (Phi) is 5.87. The van der Waals surface area contributed by atoms with Crippen LogP contribution in [0.5, 0.6) is 0 Å². The third-order valence-corrected chi connectivity index (χ3v) is 4.52. The first-order valence-corrected chi connectivity index (χ1v) is 9.21. The van der Waals surface area contributed by atoms with Crippen molar-refractivity contribution in [2.75, 3.05) is 5.32 Å². The van der Waals surface area contributed by atoms with Crippen LogP contribution in [-0.2, 0) is 4.79 Å². The lowest BCUT2D eigenvalue weighted by Crippen LogP contribution is -2.34. The molecule has 4 nitrogen and oxygen atoms in total. The molecule has 138 valence electrons. The molecule has 0 heterocycles. The van der Waals surface area contributed by atoms with Crippen molar-refractivity contribution >= 4 is 28.6 Å². The lowest BCUT2D eigenvalue weighted by atomic mass is 10.0. The average molecular weight is 359 g/mol. The maximum Gasteiger partial charge on any atom is 0.262 e. The van der Waals surface area contributed by atoms with Crippen LogP contribution in [0.15, 0.2) is 71.8 Å². The van der Waals surface area contributed by atoms with Gasteiger partial charge in [-0.25, -0.2) is 5.43 Å². The van der Waals surface area contributed by atoms with Gasteiger partial charge in [-0.1, -0.05) is 68.4 Å². The first-order valence-electron chi connectivity index (χ1n) is 9.21. The molecule has 3 aromatic carbocycles. The van der Waals surface area contributed by atoms with Crippen molar-refractivity contribution in [1.82, 2.24) is 5.43 Å². The minimum Gasteiger partial charge on any atom is -0.374 e. The third-order valence-electron chi connectivity index (χ3n) is 4.52. The van der Waals surface area contributed by atoms with Gasteiger partial charge in [0.25, 0.3) is 5.91 Å². The number of carbonyl (C=O) groups is 1. The van der Waals surface area contributed by atoms with E-state index in [1.807, 2.05) is 49.4 Å². The van der Waals surface area contributed by atoms with E-state index in [-0.39, 0.29) is 5.91 Å². The van der Waals surface area contributed by atoms with Gasteiger partial charge in [0.05, 0.1) is 6.21 Å². The van der Waals surface area contributed by atoms with Gasteiger partial charge < -0.3 is 5.32 Å². The van der Waals surface area contributed by atoms with Crippen molar-refractivity contribution in [3.05, 3.63) is 77.9 Å². The van der Waals surface area contributed by atoms with E-state index < -0.39 is 6.04 Å². The first-order chi connectivity index (χ1) is 13.0. The molecule has 0 radical (unpaired) electrons. The van der Waals surface area contributed by atoms with Gasteiger partial charge >= 0.3 is 0 Å². The molecule has 0 aliphatic heterocycles. The number of nitrogens with zero attached hydrogens (tertiary/aromatic N) is 1. The number of carbonyl (C=O) groups excluding carboxylic acids is 1. The summed E-state index contributed by atoms with van der Waals surface area (Å²) in [7, 11) is 0. The zero-order chi connectivity index (χ0) is 19.2. The average Bonchev–Trinajstić information content (AvgIpc) is 2.68. The molecule has 0 aromatic heterocycles. The van der Waals surface area contributed by atoms with Gasteiger partial charge in [0.2, 0.25) is 0 Å². The largest absolute Gasteiger partial charge is 0.374 e. The van der Waals surface area contributed by atoms with Crippen molar-refractivity contribution in [2.45, 2.75) is 32.7 Å². The number of benzene rings is 3. The minimum absolute atomic E-state index is 0.182. The number of hydrogen-bond donors (Lipinski definition) is 2. The van der Waals surface area contributed by atoms with Crippen LogP contribution in [0.4, 0.5) is 5.69 Å². The lowest BCUT2D eigenvalue weighted by Gasteiger charge is -2.14. The summed E-state index contributed by atoms with van der Waals surface area (Å²) in [6.45, 7) is 6.14. The Morgan fingerprint density at radius 2 is 1.63 bits per heavy atom. The van der Waals surface area contributed by atoms with Crippen LogP contribution in [0.2, 0.25) is 0 Å². The first kappa shape index (κ1) is 18.6. The third kappa shape index (κ3) is 4.94. The molecular weight excluding hydrogens is 334 g/mol. The summed E-state index contributed by atoms with van der Waals surface area (Å²) in [5.41, 5.74) is 5.74. The molecule has 3 aromatic rings. The summed E-state index contributed by atoms with van der Waals surface area (Å²) in [6, 6.07) is 22.0. The van der Waals surface area contributed by atoms with E-state index >= 15 is 0 Å². The zero-order valence-corrected chi connectivity index (χ0v) is 15.9. The molecule has 0 saturated carbocycles. The second-order valence-electron chi connectivity index (χ2n) is 6.98. The predicted molar refractivity (Wildman–Crippen MR) is 113 cm³/mol. The van der Waals surface area contributed by atoms with Gasteiger partial charge in [-0.15, -0.1) is 0 Å². The highest BCUT2D eigenvalue weighted by Gasteiger charge is 2.11. The van der Waals surface area contributed by atoms with E-state index in [1.165, 1.54) is 10.9 Å². The summed E-state index contributed by atoms with van der Waals surface area (Å²) in [5, 5.41) is 9.59. The molecule has 27 heavy (non-hydrogen) atoms. The van der Waals surface area contributed by atoms with Crippen molar-refractivity contribution in [1.29, 1.82) is 0 Å². The SMILES string of the molecule is CC(C)c1ccc(/C=N\NC(=O)[C@@H](C)Nc2ccc3ccccc3c2)cc1. The Morgan fingerprint density at radius 1 is 0.926 bits per heavy atom. The number of rotatable bonds is 6. The monoisotopic (exact) mass is 359 g/mol. The van der Waals surface area contributed by atoms with E-state index in [0.29, 0.717) is 5.92 Å². The van der Waals surface area contributed by atoms with E-state index in [0.717, 1.165) is 16.6 Å². The van der Waals surface area contributed by atoms with Gasteiger partial charge in [-0.3, -0.25) is 4.79 Å². The molecule has 0 bridgehead atoms. The number of amides is 1. The topological polar surface area (TPSA) is 53.5 Å². The highest BCUT2D eigenvalue weighted by Crippen LogP contribution is 2.19. The summed E-state index contributed by atoms with van der Waals surface area (Å²) in [5.74, 6) is 0.316. The summed E-state index contributed by atoms with van der Waals surface area (Å²) < 4.78 is 0. The Hall–Kier alpha value is -3.14.